The van der Waals surface area contributed by atoms with E-state index < -0.39 is 0 Å². The Labute approximate surface area is 114 Å². The lowest BCUT2D eigenvalue weighted by Crippen LogP contribution is -2.47. The zero-order chi connectivity index (χ0) is 13.4. The molecule has 3 nitrogen and oxygen atoms in total. The van der Waals surface area contributed by atoms with Crippen molar-refractivity contribution < 1.29 is 4.74 Å². The van der Waals surface area contributed by atoms with Gasteiger partial charge in [0.15, 0.2) is 0 Å². The maximum Gasteiger partial charge on any atom is 0.116 e. The van der Waals surface area contributed by atoms with E-state index in [0.29, 0.717) is 0 Å². The Hall–Kier alpha value is -0.450. The summed E-state index contributed by atoms with van der Waals surface area (Å²) in [5.41, 5.74) is 1.22. The van der Waals surface area contributed by atoms with Crippen LogP contribution in [0.15, 0.2) is 5.38 Å². The number of ether oxygens (including phenoxy) is 1. The van der Waals surface area contributed by atoms with Gasteiger partial charge in [-0.3, -0.25) is 0 Å². The third-order valence-corrected chi connectivity index (χ3v) is 4.72. The molecule has 1 saturated heterocycles. The van der Waals surface area contributed by atoms with Crippen LogP contribution in [0.25, 0.3) is 0 Å². The zero-order valence-electron chi connectivity index (χ0n) is 12.0. The Morgan fingerprint density at radius 3 is 2.72 bits per heavy atom. The molecule has 0 bridgehead atoms. The minimum absolute atomic E-state index is 0.0804. The minimum atomic E-state index is -0.0804. The van der Waals surface area contributed by atoms with Gasteiger partial charge in [0, 0.05) is 17.4 Å². The third-order valence-electron chi connectivity index (χ3n) is 3.70. The molecular weight excluding hydrogens is 244 g/mol. The molecule has 2 atom stereocenters. The number of thiazole rings is 1. The molecule has 1 aliphatic rings. The second kappa shape index (κ2) is 4.91. The van der Waals surface area contributed by atoms with Gasteiger partial charge in [-0.05, 0) is 19.9 Å². The average molecular weight is 268 g/mol. The van der Waals surface area contributed by atoms with Crippen molar-refractivity contribution in [2.45, 2.75) is 58.1 Å². The Balaban J connectivity index is 2.35. The molecule has 2 rings (SSSR count). The summed E-state index contributed by atoms with van der Waals surface area (Å²) in [4.78, 5) is 4.88. The topological polar surface area (TPSA) is 34.2 Å². The van der Waals surface area contributed by atoms with Gasteiger partial charge in [-0.2, -0.15) is 0 Å². The maximum atomic E-state index is 5.77. The number of hydrogen-bond donors (Lipinski definition) is 1. The van der Waals surface area contributed by atoms with Crippen molar-refractivity contribution in [3.05, 3.63) is 16.1 Å². The van der Waals surface area contributed by atoms with E-state index in [1.807, 2.05) is 0 Å². The molecule has 102 valence electrons. The fraction of sp³-hybridized carbons (Fsp3) is 0.786. The van der Waals surface area contributed by atoms with Gasteiger partial charge in [-0.15, -0.1) is 11.3 Å². The molecule has 4 heteroatoms. The van der Waals surface area contributed by atoms with Gasteiger partial charge in [0.2, 0.25) is 0 Å². The van der Waals surface area contributed by atoms with Crippen LogP contribution in [0, 0.1) is 0 Å². The second-order valence-electron chi connectivity index (χ2n) is 6.05. The molecule has 1 aliphatic heterocycles. The van der Waals surface area contributed by atoms with E-state index in [2.05, 4.69) is 45.3 Å². The first-order valence-corrected chi connectivity index (χ1v) is 7.61. The van der Waals surface area contributed by atoms with Crippen molar-refractivity contribution in [1.82, 2.24) is 10.3 Å². The van der Waals surface area contributed by atoms with E-state index in [4.69, 9.17) is 9.72 Å². The fourth-order valence-corrected chi connectivity index (χ4v) is 3.80. The normalized spacial score (nSPS) is 28.8. The lowest BCUT2D eigenvalue weighted by atomic mass is 9.91. The highest BCUT2D eigenvalue weighted by Crippen LogP contribution is 2.39. The predicted molar refractivity (Wildman–Crippen MR) is 76.2 cm³/mol. The van der Waals surface area contributed by atoms with Gasteiger partial charge >= 0.3 is 0 Å². The third kappa shape index (κ3) is 2.33. The molecule has 2 unspecified atom stereocenters. The van der Waals surface area contributed by atoms with Crippen LogP contribution in [0.2, 0.25) is 0 Å². The molecule has 0 saturated carbocycles. The van der Waals surface area contributed by atoms with E-state index in [-0.39, 0.29) is 17.1 Å². The maximum absolute atomic E-state index is 5.77. The Bertz CT molecular complexity index is 410. The molecule has 0 spiro atoms. The summed E-state index contributed by atoms with van der Waals surface area (Å²) in [5.74, 6) is 0. The first-order chi connectivity index (χ1) is 8.40. The number of nitrogens with one attached hydrogen (secondary N) is 1. The number of rotatable bonds is 3. The molecule has 18 heavy (non-hydrogen) atoms. The molecule has 1 N–H and O–H groups in total. The SMILES string of the molecule is CCNC1(c2nc(C(C)(C)C)cs2)CCOC1C. The number of likely N-dealkylation sites (N-methyl/N-ethyl adjacent to an activating group) is 1. The first kappa shape index (κ1) is 14.0. The minimum Gasteiger partial charge on any atom is -0.376 e. The van der Waals surface area contributed by atoms with Crippen molar-refractivity contribution in [1.29, 1.82) is 0 Å². The largest absolute Gasteiger partial charge is 0.376 e. The highest BCUT2D eigenvalue weighted by Gasteiger charge is 2.45. The van der Waals surface area contributed by atoms with Crippen molar-refractivity contribution >= 4 is 11.3 Å². The van der Waals surface area contributed by atoms with Gasteiger partial charge in [0.1, 0.15) is 5.01 Å². The summed E-state index contributed by atoms with van der Waals surface area (Å²) >= 11 is 1.76. The van der Waals surface area contributed by atoms with Crippen molar-refractivity contribution in [3.8, 4) is 0 Å². The van der Waals surface area contributed by atoms with Gasteiger partial charge in [-0.1, -0.05) is 27.7 Å². The molecule has 1 fully saturated rings. The number of aromatic nitrogens is 1. The van der Waals surface area contributed by atoms with E-state index in [1.165, 1.54) is 10.7 Å². The average Bonchev–Trinajstić information content (AvgIpc) is 2.86. The van der Waals surface area contributed by atoms with Crippen LogP contribution in [-0.4, -0.2) is 24.2 Å². The second-order valence-corrected chi connectivity index (χ2v) is 6.91. The van der Waals surface area contributed by atoms with E-state index in [0.717, 1.165) is 19.6 Å². The molecule has 2 heterocycles. The highest BCUT2D eigenvalue weighted by atomic mass is 32.1. The summed E-state index contributed by atoms with van der Waals surface area (Å²) in [5, 5.41) is 6.99. The molecule has 0 aromatic carbocycles. The predicted octanol–water partition coefficient (Wildman–Crippen LogP) is 3.05. The van der Waals surface area contributed by atoms with Crippen molar-refractivity contribution in [2.24, 2.45) is 0 Å². The van der Waals surface area contributed by atoms with Crippen LogP contribution in [0.3, 0.4) is 0 Å². The van der Waals surface area contributed by atoms with Crippen LogP contribution < -0.4 is 5.32 Å². The van der Waals surface area contributed by atoms with Gasteiger partial charge in [-0.25, -0.2) is 4.98 Å². The van der Waals surface area contributed by atoms with Gasteiger partial charge < -0.3 is 10.1 Å². The quantitative estimate of drug-likeness (QED) is 0.915. The van der Waals surface area contributed by atoms with Crippen molar-refractivity contribution in [2.75, 3.05) is 13.2 Å². The summed E-state index contributed by atoms with van der Waals surface area (Å²) < 4.78 is 5.77. The van der Waals surface area contributed by atoms with Crippen LogP contribution in [0.5, 0.6) is 0 Å². The van der Waals surface area contributed by atoms with Gasteiger partial charge in [0.05, 0.1) is 17.3 Å². The monoisotopic (exact) mass is 268 g/mol. The van der Waals surface area contributed by atoms with E-state index >= 15 is 0 Å². The summed E-state index contributed by atoms with van der Waals surface area (Å²) in [6.45, 7) is 12.7. The zero-order valence-corrected chi connectivity index (χ0v) is 12.9. The van der Waals surface area contributed by atoms with E-state index in [1.54, 1.807) is 11.3 Å². The first-order valence-electron chi connectivity index (χ1n) is 6.73. The molecule has 1 aromatic rings. The van der Waals surface area contributed by atoms with Crippen molar-refractivity contribution in [3.63, 3.8) is 0 Å². The van der Waals surface area contributed by atoms with Crippen LogP contribution in [-0.2, 0) is 15.7 Å². The number of hydrogen-bond acceptors (Lipinski definition) is 4. The Morgan fingerprint density at radius 2 is 2.28 bits per heavy atom. The molecule has 0 amide bonds. The lowest BCUT2D eigenvalue weighted by molar-refractivity contribution is 0.0824. The molecule has 0 radical (unpaired) electrons. The standard InChI is InChI=1S/C14H24N2OS/c1-6-15-14(7-8-17-10(14)2)12-16-11(9-18-12)13(3,4)5/h9-10,15H,6-8H2,1-5H3. The van der Waals surface area contributed by atoms with Crippen LogP contribution >= 0.6 is 11.3 Å². The lowest BCUT2D eigenvalue weighted by Gasteiger charge is -2.31. The Kier molecular flexibility index (Phi) is 3.81. The smallest absolute Gasteiger partial charge is 0.116 e. The van der Waals surface area contributed by atoms with Gasteiger partial charge in [0.25, 0.3) is 0 Å². The summed E-state index contributed by atoms with van der Waals surface area (Å²) in [6, 6.07) is 0. The fourth-order valence-electron chi connectivity index (χ4n) is 2.47. The van der Waals surface area contributed by atoms with Crippen LogP contribution in [0.1, 0.15) is 51.7 Å². The highest BCUT2D eigenvalue weighted by molar-refractivity contribution is 7.09. The number of nitrogens with zero attached hydrogens (tertiary/aromatic N) is 1. The molecule has 0 aliphatic carbocycles. The summed E-state index contributed by atoms with van der Waals surface area (Å²) in [6.07, 6.45) is 1.20. The molecule has 1 aromatic heterocycles. The molecular formula is C14H24N2OS. The van der Waals surface area contributed by atoms with E-state index in [9.17, 15) is 0 Å². The van der Waals surface area contributed by atoms with Crippen LogP contribution in [0.4, 0.5) is 0 Å². The Morgan fingerprint density at radius 1 is 1.56 bits per heavy atom. The summed E-state index contributed by atoms with van der Waals surface area (Å²) in [7, 11) is 0.